The first-order valence-corrected chi connectivity index (χ1v) is 7.54. The molecule has 1 fully saturated rings. The second kappa shape index (κ2) is 5.31. The first kappa shape index (κ1) is 13.2. The van der Waals surface area contributed by atoms with Crippen molar-refractivity contribution in [2.45, 2.75) is 39.2 Å². The van der Waals surface area contributed by atoms with Gasteiger partial charge in [-0.25, -0.2) is 0 Å². The van der Waals surface area contributed by atoms with Gasteiger partial charge in [0.2, 0.25) is 0 Å². The summed E-state index contributed by atoms with van der Waals surface area (Å²) < 4.78 is 0. The van der Waals surface area contributed by atoms with Gasteiger partial charge in [0.05, 0.1) is 0 Å². The maximum atomic E-state index is 6.05. The molecule has 1 aromatic heterocycles. The van der Waals surface area contributed by atoms with Crippen molar-refractivity contribution in [1.82, 2.24) is 4.98 Å². The quantitative estimate of drug-likeness (QED) is 0.808. The molecule has 20 heavy (non-hydrogen) atoms. The Morgan fingerprint density at radius 2 is 2.00 bits per heavy atom. The lowest BCUT2D eigenvalue weighted by Gasteiger charge is -2.34. The molecule has 0 saturated heterocycles. The van der Waals surface area contributed by atoms with Gasteiger partial charge in [0.1, 0.15) is 0 Å². The van der Waals surface area contributed by atoms with E-state index in [-0.39, 0.29) is 0 Å². The summed E-state index contributed by atoms with van der Waals surface area (Å²) in [5.41, 5.74) is 8.03. The second-order valence-electron chi connectivity index (χ2n) is 6.27. The molecule has 3 N–H and O–H groups in total. The van der Waals surface area contributed by atoms with Gasteiger partial charge in [-0.3, -0.25) is 4.98 Å². The van der Waals surface area contributed by atoms with Crippen molar-refractivity contribution in [2.24, 2.45) is 11.8 Å². The number of nitrogen functional groups attached to an aromatic ring is 1. The molecule has 0 bridgehead atoms. The summed E-state index contributed by atoms with van der Waals surface area (Å²) in [7, 11) is 0. The number of nitrogens with one attached hydrogen (secondary N) is 1. The van der Waals surface area contributed by atoms with Crippen LogP contribution in [-0.2, 0) is 0 Å². The Hall–Kier alpha value is -1.77. The van der Waals surface area contributed by atoms with Gasteiger partial charge in [0.25, 0.3) is 0 Å². The standard InChI is InChI=1S/C17H23N3/c1-11-3-5-16(12(2)9-11)20-17-6-4-15(18)13-7-8-19-10-14(13)17/h4,6-8,10-12,16,20H,3,5,9,18H2,1-2H3. The van der Waals surface area contributed by atoms with Crippen molar-refractivity contribution >= 4 is 22.1 Å². The monoisotopic (exact) mass is 269 g/mol. The zero-order chi connectivity index (χ0) is 14.1. The van der Waals surface area contributed by atoms with Crippen molar-refractivity contribution in [3.05, 3.63) is 30.6 Å². The molecule has 0 radical (unpaired) electrons. The third-order valence-electron chi connectivity index (χ3n) is 4.62. The number of aromatic nitrogens is 1. The van der Waals surface area contributed by atoms with Crippen LogP contribution in [0.2, 0.25) is 0 Å². The van der Waals surface area contributed by atoms with E-state index in [1.807, 2.05) is 18.3 Å². The average Bonchev–Trinajstić information content (AvgIpc) is 2.45. The second-order valence-corrected chi connectivity index (χ2v) is 6.27. The Kier molecular flexibility index (Phi) is 3.51. The molecule has 1 aliphatic carbocycles. The smallest absolute Gasteiger partial charge is 0.0439 e. The highest BCUT2D eigenvalue weighted by atomic mass is 14.9. The fourth-order valence-corrected chi connectivity index (χ4v) is 3.42. The topological polar surface area (TPSA) is 50.9 Å². The third kappa shape index (κ3) is 2.45. The molecule has 0 spiro atoms. The third-order valence-corrected chi connectivity index (χ3v) is 4.62. The number of nitrogens with two attached hydrogens (primary N) is 1. The van der Waals surface area contributed by atoms with Crippen molar-refractivity contribution in [3.8, 4) is 0 Å². The van der Waals surface area contributed by atoms with Crippen molar-refractivity contribution in [1.29, 1.82) is 0 Å². The van der Waals surface area contributed by atoms with Crippen molar-refractivity contribution in [3.63, 3.8) is 0 Å². The molecule has 1 aliphatic rings. The molecule has 3 nitrogen and oxygen atoms in total. The number of fused-ring (bicyclic) bond motifs is 1. The summed E-state index contributed by atoms with van der Waals surface area (Å²) in [5, 5.41) is 5.93. The predicted molar refractivity (Wildman–Crippen MR) is 85.7 cm³/mol. The fourth-order valence-electron chi connectivity index (χ4n) is 3.42. The van der Waals surface area contributed by atoms with Gasteiger partial charge in [-0.2, -0.15) is 0 Å². The molecule has 106 valence electrons. The van der Waals surface area contributed by atoms with Crippen LogP contribution in [0.5, 0.6) is 0 Å². The summed E-state index contributed by atoms with van der Waals surface area (Å²) in [6, 6.07) is 6.62. The van der Waals surface area contributed by atoms with E-state index in [0.717, 1.165) is 28.1 Å². The number of hydrogen-bond acceptors (Lipinski definition) is 3. The Labute approximate surface area is 120 Å². The Bertz CT molecular complexity index is 608. The van der Waals surface area contributed by atoms with Crippen LogP contribution >= 0.6 is 0 Å². The number of benzene rings is 1. The van der Waals surface area contributed by atoms with E-state index in [0.29, 0.717) is 12.0 Å². The van der Waals surface area contributed by atoms with Gasteiger partial charge in [-0.05, 0) is 49.3 Å². The molecule has 3 unspecified atom stereocenters. The van der Waals surface area contributed by atoms with E-state index < -0.39 is 0 Å². The maximum Gasteiger partial charge on any atom is 0.0439 e. The highest BCUT2D eigenvalue weighted by molar-refractivity contribution is 6.00. The van der Waals surface area contributed by atoms with E-state index >= 15 is 0 Å². The van der Waals surface area contributed by atoms with Crippen molar-refractivity contribution < 1.29 is 0 Å². The Morgan fingerprint density at radius 1 is 1.15 bits per heavy atom. The minimum atomic E-state index is 0.554. The minimum Gasteiger partial charge on any atom is -0.398 e. The lowest BCUT2D eigenvalue weighted by atomic mass is 9.80. The zero-order valence-electron chi connectivity index (χ0n) is 12.3. The molecular formula is C17H23N3. The summed E-state index contributed by atoms with van der Waals surface area (Å²) in [6.45, 7) is 4.71. The summed E-state index contributed by atoms with van der Waals surface area (Å²) >= 11 is 0. The SMILES string of the molecule is CC1CCC(Nc2ccc(N)c3ccncc23)C(C)C1. The van der Waals surface area contributed by atoms with Crippen LogP contribution in [0, 0.1) is 11.8 Å². The Balaban J connectivity index is 1.90. The van der Waals surface area contributed by atoms with Crippen LogP contribution in [0.1, 0.15) is 33.1 Å². The van der Waals surface area contributed by atoms with Gasteiger partial charge in [-0.1, -0.05) is 13.8 Å². The zero-order valence-corrected chi connectivity index (χ0v) is 12.3. The lowest BCUT2D eigenvalue weighted by molar-refractivity contribution is 0.276. The van der Waals surface area contributed by atoms with E-state index in [1.165, 1.54) is 19.3 Å². The van der Waals surface area contributed by atoms with Crippen LogP contribution in [-0.4, -0.2) is 11.0 Å². The van der Waals surface area contributed by atoms with Gasteiger partial charge in [-0.15, -0.1) is 0 Å². The molecule has 2 aromatic rings. The van der Waals surface area contributed by atoms with Gasteiger partial charge >= 0.3 is 0 Å². The molecule has 0 aliphatic heterocycles. The van der Waals surface area contributed by atoms with Crippen LogP contribution in [0.15, 0.2) is 30.6 Å². The number of anilines is 2. The van der Waals surface area contributed by atoms with Crippen molar-refractivity contribution in [2.75, 3.05) is 11.1 Å². The fraction of sp³-hybridized carbons (Fsp3) is 0.471. The molecule has 3 atom stereocenters. The van der Waals surface area contributed by atoms with Crippen LogP contribution in [0.3, 0.4) is 0 Å². The molecule has 1 saturated carbocycles. The molecular weight excluding hydrogens is 246 g/mol. The maximum absolute atomic E-state index is 6.05. The molecule has 3 heteroatoms. The predicted octanol–water partition coefficient (Wildman–Crippen LogP) is 4.05. The molecule has 1 heterocycles. The summed E-state index contributed by atoms with van der Waals surface area (Å²) in [5.74, 6) is 1.57. The normalized spacial score (nSPS) is 26.6. The molecule has 0 amide bonds. The summed E-state index contributed by atoms with van der Waals surface area (Å²) in [4.78, 5) is 4.24. The van der Waals surface area contributed by atoms with Gasteiger partial charge in [0.15, 0.2) is 0 Å². The number of rotatable bonds is 2. The first-order chi connectivity index (χ1) is 9.65. The van der Waals surface area contributed by atoms with Crippen LogP contribution < -0.4 is 11.1 Å². The summed E-state index contributed by atoms with van der Waals surface area (Å²) in [6.07, 6.45) is 7.57. The van der Waals surface area contributed by atoms with E-state index in [2.05, 4.69) is 30.2 Å². The van der Waals surface area contributed by atoms with Crippen LogP contribution in [0.4, 0.5) is 11.4 Å². The number of nitrogens with zero attached hydrogens (tertiary/aromatic N) is 1. The Morgan fingerprint density at radius 3 is 2.80 bits per heavy atom. The van der Waals surface area contributed by atoms with E-state index in [4.69, 9.17) is 5.73 Å². The highest BCUT2D eigenvalue weighted by Crippen LogP contribution is 2.33. The minimum absolute atomic E-state index is 0.554. The van der Waals surface area contributed by atoms with Gasteiger partial charge < -0.3 is 11.1 Å². The molecule has 1 aromatic carbocycles. The first-order valence-electron chi connectivity index (χ1n) is 7.54. The number of hydrogen-bond donors (Lipinski definition) is 2. The van der Waals surface area contributed by atoms with Crippen LogP contribution in [0.25, 0.3) is 10.8 Å². The largest absolute Gasteiger partial charge is 0.398 e. The number of pyridine rings is 1. The molecule has 3 rings (SSSR count). The highest BCUT2D eigenvalue weighted by Gasteiger charge is 2.25. The van der Waals surface area contributed by atoms with Gasteiger partial charge in [0, 0.05) is 40.6 Å². The van der Waals surface area contributed by atoms with E-state index in [1.54, 1.807) is 6.20 Å². The van der Waals surface area contributed by atoms with E-state index in [9.17, 15) is 0 Å². The lowest BCUT2D eigenvalue weighted by Crippen LogP contribution is -2.33. The average molecular weight is 269 g/mol.